The van der Waals surface area contributed by atoms with Gasteiger partial charge in [0.05, 0.1) is 20.3 Å². The lowest BCUT2D eigenvalue weighted by atomic mass is 10.3. The average Bonchev–Trinajstić information content (AvgIpc) is 2.85. The van der Waals surface area contributed by atoms with Crippen LogP contribution in [0.4, 0.5) is 5.69 Å². The molecule has 2 aliphatic rings. The van der Waals surface area contributed by atoms with Crippen LogP contribution in [0.2, 0.25) is 0 Å². The molecule has 8 heteroatoms. The molecule has 0 saturated carbocycles. The molecule has 0 fully saturated rings. The molecule has 0 spiro atoms. The van der Waals surface area contributed by atoms with Crippen molar-refractivity contribution in [1.82, 2.24) is 4.90 Å². The van der Waals surface area contributed by atoms with Crippen LogP contribution in [0, 0.1) is 0 Å². The van der Waals surface area contributed by atoms with Crippen LogP contribution in [0.3, 0.4) is 0 Å². The number of halogens is 1. The van der Waals surface area contributed by atoms with E-state index >= 15 is 0 Å². The number of benzene rings is 1. The first-order valence-electron chi connectivity index (χ1n) is 6.54. The van der Waals surface area contributed by atoms with Crippen LogP contribution >= 0.6 is 12.4 Å². The first-order valence-corrected chi connectivity index (χ1v) is 8.47. The van der Waals surface area contributed by atoms with Gasteiger partial charge >= 0.3 is 0 Å². The van der Waals surface area contributed by atoms with Gasteiger partial charge in [-0.3, -0.25) is 0 Å². The number of nitrogens with zero attached hydrogens (tertiary/aromatic N) is 3. The van der Waals surface area contributed by atoms with E-state index in [9.17, 15) is 4.21 Å². The fourth-order valence-corrected chi connectivity index (χ4v) is 3.66. The van der Waals surface area contributed by atoms with Crippen molar-refractivity contribution >= 4 is 33.8 Å². The largest absolute Gasteiger partial charge is 0.454 e. The normalized spacial score (nSPS) is 21.8. The number of fused-ring (bicyclic) bond motifs is 2. The summed E-state index contributed by atoms with van der Waals surface area (Å²) in [6, 6.07) is 3.50. The third-order valence-corrected chi connectivity index (χ3v) is 5.04. The molecule has 0 bridgehead atoms. The van der Waals surface area contributed by atoms with Crippen molar-refractivity contribution in [3.63, 3.8) is 0 Å². The van der Waals surface area contributed by atoms with Crippen molar-refractivity contribution in [3.8, 4) is 11.5 Å². The Morgan fingerprint density at radius 1 is 1.24 bits per heavy atom. The second kappa shape index (κ2) is 5.73. The number of hydrogen-bond acceptors (Lipinski definition) is 6. The number of aliphatic imine (C=N–C) groups is 1. The van der Waals surface area contributed by atoms with E-state index in [1.54, 1.807) is 18.4 Å². The van der Waals surface area contributed by atoms with E-state index in [0.29, 0.717) is 28.0 Å². The molecule has 21 heavy (non-hydrogen) atoms. The van der Waals surface area contributed by atoms with Crippen molar-refractivity contribution in [1.29, 1.82) is 0 Å². The molecule has 1 aromatic carbocycles. The Balaban J connectivity index is 0.00000161. The molecule has 3 rings (SSSR count). The summed E-state index contributed by atoms with van der Waals surface area (Å²) >= 11 is 0. The number of rotatable bonds is 2. The Morgan fingerprint density at radius 3 is 2.48 bits per heavy atom. The fraction of sp³-hybridized carbons (Fsp3) is 0.462. The lowest BCUT2D eigenvalue weighted by Gasteiger charge is -2.23. The predicted molar refractivity (Wildman–Crippen MR) is 84.6 cm³/mol. The molecule has 1 unspecified atom stereocenters. The molecule has 6 nitrogen and oxygen atoms in total. The van der Waals surface area contributed by atoms with Gasteiger partial charge in [0.15, 0.2) is 11.5 Å². The SMILES string of the molecule is CCN(CC)C1=Nc2cc3c(cc2S(C)(=O)=N1)OCO3.Cl. The summed E-state index contributed by atoms with van der Waals surface area (Å²) in [6.07, 6.45) is 1.63. The Labute approximate surface area is 130 Å². The van der Waals surface area contributed by atoms with E-state index in [1.165, 1.54) is 0 Å². The molecule has 0 amide bonds. The van der Waals surface area contributed by atoms with Gasteiger partial charge in [-0.15, -0.1) is 12.4 Å². The standard InChI is InChI=1S/C13H17N3O3S.ClH/c1-4-16(5-2)13-14-9-6-10-11(19-8-18-10)7-12(9)20(3,17)15-13;/h6-7H,4-5,8H2,1-3H3;1H. The van der Waals surface area contributed by atoms with E-state index in [4.69, 9.17) is 9.47 Å². The van der Waals surface area contributed by atoms with E-state index < -0.39 is 9.73 Å². The first kappa shape index (κ1) is 15.9. The van der Waals surface area contributed by atoms with Crippen molar-refractivity contribution < 1.29 is 13.7 Å². The summed E-state index contributed by atoms with van der Waals surface area (Å²) in [5.41, 5.74) is 0.652. The van der Waals surface area contributed by atoms with Crippen LogP contribution in [0.25, 0.3) is 0 Å². The molecular formula is C13H18ClN3O3S. The number of guanidine groups is 1. The highest BCUT2D eigenvalue weighted by atomic mass is 35.5. The van der Waals surface area contributed by atoms with Gasteiger partial charge in [0.25, 0.3) is 0 Å². The third-order valence-electron chi connectivity index (χ3n) is 3.38. The van der Waals surface area contributed by atoms with Crippen LogP contribution in [0.15, 0.2) is 26.4 Å². The van der Waals surface area contributed by atoms with Crippen LogP contribution < -0.4 is 9.47 Å². The highest BCUT2D eigenvalue weighted by molar-refractivity contribution is 7.93. The van der Waals surface area contributed by atoms with Gasteiger partial charge in [0.1, 0.15) is 0 Å². The topological polar surface area (TPSA) is 63.5 Å². The summed E-state index contributed by atoms with van der Waals surface area (Å²) in [5.74, 6) is 1.77. The van der Waals surface area contributed by atoms with Gasteiger partial charge in [0.2, 0.25) is 12.8 Å². The minimum atomic E-state index is -2.51. The highest BCUT2D eigenvalue weighted by Crippen LogP contribution is 2.42. The van der Waals surface area contributed by atoms with E-state index in [-0.39, 0.29) is 19.2 Å². The van der Waals surface area contributed by atoms with Crippen LogP contribution in [-0.4, -0.2) is 41.2 Å². The third kappa shape index (κ3) is 2.67. The molecule has 0 aromatic heterocycles. The van der Waals surface area contributed by atoms with Crippen molar-refractivity contribution in [2.75, 3.05) is 26.1 Å². The zero-order chi connectivity index (χ0) is 14.3. The minimum absolute atomic E-state index is 0. The predicted octanol–water partition coefficient (Wildman–Crippen LogP) is 2.64. The molecule has 116 valence electrons. The second-order valence-corrected chi connectivity index (χ2v) is 6.88. The Morgan fingerprint density at radius 2 is 1.86 bits per heavy atom. The maximum Gasteiger partial charge on any atom is 0.234 e. The maximum absolute atomic E-state index is 12.8. The van der Waals surface area contributed by atoms with Gasteiger partial charge in [-0.1, -0.05) is 0 Å². The summed E-state index contributed by atoms with van der Waals surface area (Å²) < 4.78 is 27.8. The molecule has 2 aliphatic heterocycles. The molecule has 0 radical (unpaired) electrons. The molecule has 1 aromatic rings. The lowest BCUT2D eigenvalue weighted by Crippen LogP contribution is -2.31. The van der Waals surface area contributed by atoms with Gasteiger partial charge in [-0.25, -0.2) is 9.20 Å². The molecule has 0 N–H and O–H groups in total. The van der Waals surface area contributed by atoms with Crippen LogP contribution in [0.1, 0.15) is 13.8 Å². The summed E-state index contributed by atoms with van der Waals surface area (Å²) in [7, 11) is -2.51. The van der Waals surface area contributed by atoms with Crippen molar-refractivity contribution in [2.45, 2.75) is 18.7 Å². The van der Waals surface area contributed by atoms with Crippen LogP contribution in [-0.2, 0) is 9.73 Å². The van der Waals surface area contributed by atoms with Crippen LogP contribution in [0.5, 0.6) is 11.5 Å². The lowest BCUT2D eigenvalue weighted by molar-refractivity contribution is 0.174. The van der Waals surface area contributed by atoms with E-state index in [1.807, 2.05) is 18.7 Å². The summed E-state index contributed by atoms with van der Waals surface area (Å²) in [5, 5.41) is 0. The summed E-state index contributed by atoms with van der Waals surface area (Å²) in [4.78, 5) is 7.11. The van der Waals surface area contributed by atoms with E-state index in [0.717, 1.165) is 13.1 Å². The van der Waals surface area contributed by atoms with Crippen molar-refractivity contribution in [3.05, 3.63) is 12.1 Å². The van der Waals surface area contributed by atoms with Crippen molar-refractivity contribution in [2.24, 2.45) is 9.36 Å². The van der Waals surface area contributed by atoms with Gasteiger partial charge in [0, 0.05) is 31.5 Å². The molecule has 2 heterocycles. The summed E-state index contributed by atoms with van der Waals surface area (Å²) in [6.45, 7) is 5.78. The fourth-order valence-electron chi connectivity index (χ4n) is 2.27. The Kier molecular flexibility index (Phi) is 4.34. The monoisotopic (exact) mass is 331 g/mol. The molecule has 1 atom stereocenters. The molecule has 0 saturated heterocycles. The maximum atomic E-state index is 12.8. The molecular weight excluding hydrogens is 314 g/mol. The Bertz CT molecular complexity index is 707. The minimum Gasteiger partial charge on any atom is -0.454 e. The smallest absolute Gasteiger partial charge is 0.234 e. The first-order chi connectivity index (χ1) is 9.55. The van der Waals surface area contributed by atoms with Gasteiger partial charge in [-0.05, 0) is 13.8 Å². The number of hydrogen-bond donors (Lipinski definition) is 0. The van der Waals surface area contributed by atoms with Gasteiger partial charge < -0.3 is 14.4 Å². The van der Waals surface area contributed by atoms with Gasteiger partial charge in [-0.2, -0.15) is 4.36 Å². The quantitative estimate of drug-likeness (QED) is 0.835. The number of ether oxygens (including phenoxy) is 2. The van der Waals surface area contributed by atoms with E-state index in [2.05, 4.69) is 9.36 Å². The average molecular weight is 332 g/mol. The zero-order valence-electron chi connectivity index (χ0n) is 12.2. The second-order valence-electron chi connectivity index (χ2n) is 4.65. The highest BCUT2D eigenvalue weighted by Gasteiger charge is 2.26. The Hall–Kier alpha value is -1.47. The molecule has 0 aliphatic carbocycles. The zero-order valence-corrected chi connectivity index (χ0v) is 13.8.